The first-order valence-electron chi connectivity index (χ1n) is 7.51. The Hall–Kier alpha value is -2.00. The minimum Gasteiger partial charge on any atom is -0.392 e. The Kier molecular flexibility index (Phi) is 5.45. The zero-order chi connectivity index (χ0) is 16.1. The molecule has 0 amide bonds. The lowest BCUT2D eigenvalue weighted by Gasteiger charge is -2.25. The molecule has 0 unspecified atom stereocenters. The number of aliphatic hydroxyl groups is 1. The van der Waals surface area contributed by atoms with Crippen molar-refractivity contribution in [3.8, 4) is 0 Å². The second-order valence-corrected chi connectivity index (χ2v) is 5.90. The van der Waals surface area contributed by atoms with Gasteiger partial charge in [0.2, 0.25) is 0 Å². The first-order valence-corrected chi connectivity index (χ1v) is 7.51. The molecule has 2 nitrogen and oxygen atoms in total. The van der Waals surface area contributed by atoms with Crippen LogP contribution in [-0.4, -0.2) is 17.0 Å². The summed E-state index contributed by atoms with van der Waals surface area (Å²) in [6, 6.07) is 15.1. The van der Waals surface area contributed by atoms with Crippen molar-refractivity contribution in [1.82, 2.24) is 0 Å². The molecule has 0 fully saturated rings. The van der Waals surface area contributed by atoms with Gasteiger partial charge in [0, 0.05) is 5.56 Å². The van der Waals surface area contributed by atoms with Crippen LogP contribution in [0.15, 0.2) is 54.6 Å². The monoisotopic (exact) mass is 300 g/mol. The predicted molar refractivity (Wildman–Crippen MR) is 85.2 cm³/mol. The molecule has 3 heteroatoms. The van der Waals surface area contributed by atoms with Gasteiger partial charge in [-0.3, -0.25) is 4.79 Å². The molecule has 1 N–H and O–H groups in total. The summed E-state index contributed by atoms with van der Waals surface area (Å²) in [5.74, 6) is -0.948. The summed E-state index contributed by atoms with van der Waals surface area (Å²) < 4.78 is 13.0. The Bertz CT molecular complexity index is 605. The standard InChI is InChI=1S/C19H21FO2/c1-13(2)18(21)17(12-14-8-10-16(20)11-9-14)19(22)15-6-4-3-5-7-15/h3-11,13,17-18,21H,12H2,1-2H3/t17-,18+/m1/s1. The molecule has 2 aromatic rings. The van der Waals surface area contributed by atoms with Crippen molar-refractivity contribution in [1.29, 1.82) is 0 Å². The van der Waals surface area contributed by atoms with Gasteiger partial charge < -0.3 is 5.11 Å². The van der Waals surface area contributed by atoms with Crippen LogP contribution >= 0.6 is 0 Å². The summed E-state index contributed by atoms with van der Waals surface area (Å²) in [5.41, 5.74) is 1.43. The number of hydrogen-bond acceptors (Lipinski definition) is 2. The molecule has 2 rings (SSSR count). The van der Waals surface area contributed by atoms with Gasteiger partial charge in [0.25, 0.3) is 0 Å². The Morgan fingerprint density at radius 1 is 1.05 bits per heavy atom. The summed E-state index contributed by atoms with van der Waals surface area (Å²) in [4.78, 5) is 12.7. The average Bonchev–Trinajstić information content (AvgIpc) is 2.54. The van der Waals surface area contributed by atoms with Crippen LogP contribution in [0.25, 0.3) is 0 Å². The zero-order valence-corrected chi connectivity index (χ0v) is 12.9. The van der Waals surface area contributed by atoms with Gasteiger partial charge in [0.15, 0.2) is 5.78 Å². The molecule has 0 bridgehead atoms. The number of aliphatic hydroxyl groups excluding tert-OH is 1. The quantitative estimate of drug-likeness (QED) is 0.822. The van der Waals surface area contributed by atoms with Gasteiger partial charge in [-0.2, -0.15) is 0 Å². The Morgan fingerprint density at radius 2 is 1.64 bits per heavy atom. The van der Waals surface area contributed by atoms with Crippen LogP contribution in [0.3, 0.4) is 0 Å². The van der Waals surface area contributed by atoms with Crippen molar-refractivity contribution in [2.45, 2.75) is 26.4 Å². The normalized spacial score (nSPS) is 13.9. The maximum atomic E-state index is 13.0. The fourth-order valence-corrected chi connectivity index (χ4v) is 2.52. The van der Waals surface area contributed by atoms with Crippen molar-refractivity contribution in [2.24, 2.45) is 11.8 Å². The highest BCUT2D eigenvalue weighted by molar-refractivity contribution is 5.98. The summed E-state index contributed by atoms with van der Waals surface area (Å²) in [6.07, 6.45) is -0.342. The number of ketones is 1. The highest BCUT2D eigenvalue weighted by Crippen LogP contribution is 2.23. The fourth-order valence-electron chi connectivity index (χ4n) is 2.52. The van der Waals surface area contributed by atoms with Gasteiger partial charge >= 0.3 is 0 Å². The van der Waals surface area contributed by atoms with Crippen molar-refractivity contribution < 1.29 is 14.3 Å². The van der Waals surface area contributed by atoms with Gasteiger partial charge in [-0.05, 0) is 30.0 Å². The second kappa shape index (κ2) is 7.32. The van der Waals surface area contributed by atoms with Crippen LogP contribution in [0.4, 0.5) is 4.39 Å². The van der Waals surface area contributed by atoms with Crippen molar-refractivity contribution >= 4 is 5.78 Å². The molecule has 0 saturated heterocycles. The Morgan fingerprint density at radius 3 is 2.18 bits per heavy atom. The fraction of sp³-hybridized carbons (Fsp3) is 0.316. The second-order valence-electron chi connectivity index (χ2n) is 5.90. The third-order valence-electron chi connectivity index (χ3n) is 3.86. The average molecular weight is 300 g/mol. The lowest BCUT2D eigenvalue weighted by Crippen LogP contribution is -2.34. The molecule has 0 aliphatic rings. The third-order valence-corrected chi connectivity index (χ3v) is 3.86. The summed E-state index contributed by atoms with van der Waals surface area (Å²) >= 11 is 0. The highest BCUT2D eigenvalue weighted by Gasteiger charge is 2.29. The summed E-state index contributed by atoms with van der Waals surface area (Å²) in [6.45, 7) is 3.78. The van der Waals surface area contributed by atoms with Crippen LogP contribution < -0.4 is 0 Å². The largest absolute Gasteiger partial charge is 0.392 e. The van der Waals surface area contributed by atoms with E-state index < -0.39 is 12.0 Å². The molecule has 0 saturated carbocycles. The Balaban J connectivity index is 2.26. The van der Waals surface area contributed by atoms with Crippen LogP contribution in [0.5, 0.6) is 0 Å². The molecule has 0 spiro atoms. The van der Waals surface area contributed by atoms with Gasteiger partial charge in [-0.15, -0.1) is 0 Å². The van der Waals surface area contributed by atoms with Crippen LogP contribution in [0.1, 0.15) is 29.8 Å². The van der Waals surface area contributed by atoms with E-state index in [0.29, 0.717) is 12.0 Å². The van der Waals surface area contributed by atoms with E-state index in [1.54, 1.807) is 24.3 Å². The molecule has 116 valence electrons. The van der Waals surface area contributed by atoms with E-state index >= 15 is 0 Å². The van der Waals surface area contributed by atoms with Crippen molar-refractivity contribution in [2.75, 3.05) is 0 Å². The van der Waals surface area contributed by atoms with E-state index in [1.165, 1.54) is 12.1 Å². The first kappa shape index (κ1) is 16.4. The molecule has 2 atom stereocenters. The van der Waals surface area contributed by atoms with Crippen LogP contribution in [-0.2, 0) is 6.42 Å². The lowest BCUT2D eigenvalue weighted by molar-refractivity contribution is 0.0503. The minimum absolute atomic E-state index is 0.0295. The maximum Gasteiger partial charge on any atom is 0.168 e. The molecule has 0 aliphatic heterocycles. The smallest absolute Gasteiger partial charge is 0.168 e. The molecule has 0 heterocycles. The van der Waals surface area contributed by atoms with Gasteiger partial charge in [-0.25, -0.2) is 4.39 Å². The molecule has 22 heavy (non-hydrogen) atoms. The number of benzene rings is 2. The van der Waals surface area contributed by atoms with Crippen LogP contribution in [0.2, 0.25) is 0 Å². The summed E-state index contributed by atoms with van der Waals surface area (Å²) in [7, 11) is 0. The molecule has 2 aromatic carbocycles. The van der Waals surface area contributed by atoms with Crippen molar-refractivity contribution in [3.05, 3.63) is 71.5 Å². The third kappa shape index (κ3) is 4.01. The molecule has 0 radical (unpaired) electrons. The SMILES string of the molecule is CC(C)[C@H](O)[C@@H](Cc1ccc(F)cc1)C(=O)c1ccccc1. The van der Waals surface area contributed by atoms with Crippen LogP contribution in [0, 0.1) is 17.7 Å². The molecular weight excluding hydrogens is 279 g/mol. The lowest BCUT2D eigenvalue weighted by atomic mass is 9.82. The van der Waals surface area contributed by atoms with Gasteiger partial charge in [0.05, 0.1) is 12.0 Å². The number of rotatable bonds is 6. The number of hydrogen-bond donors (Lipinski definition) is 1. The van der Waals surface area contributed by atoms with E-state index in [9.17, 15) is 14.3 Å². The zero-order valence-electron chi connectivity index (χ0n) is 12.9. The topological polar surface area (TPSA) is 37.3 Å². The number of Topliss-reactive ketones (excluding diaryl/α,β-unsaturated/α-hetero) is 1. The highest BCUT2D eigenvalue weighted by atomic mass is 19.1. The van der Waals surface area contributed by atoms with Crippen molar-refractivity contribution in [3.63, 3.8) is 0 Å². The number of halogens is 1. The van der Waals surface area contributed by atoms with Gasteiger partial charge in [-0.1, -0.05) is 56.3 Å². The van der Waals surface area contributed by atoms with E-state index in [-0.39, 0.29) is 17.5 Å². The van der Waals surface area contributed by atoms with E-state index in [0.717, 1.165) is 5.56 Å². The molecule has 0 aliphatic carbocycles. The molecular formula is C19H21FO2. The predicted octanol–water partition coefficient (Wildman–Crippen LogP) is 3.88. The Labute approximate surface area is 130 Å². The number of carbonyl (C=O) groups is 1. The first-order chi connectivity index (χ1) is 10.5. The maximum absolute atomic E-state index is 13.0. The summed E-state index contributed by atoms with van der Waals surface area (Å²) in [5, 5.41) is 10.4. The number of carbonyl (C=O) groups excluding carboxylic acids is 1. The molecule has 0 aromatic heterocycles. The minimum atomic E-state index is -0.738. The van der Waals surface area contributed by atoms with E-state index in [2.05, 4.69) is 0 Å². The van der Waals surface area contributed by atoms with Gasteiger partial charge in [0.1, 0.15) is 5.82 Å². The van der Waals surface area contributed by atoms with E-state index in [1.807, 2.05) is 32.0 Å². The van der Waals surface area contributed by atoms with E-state index in [4.69, 9.17) is 0 Å².